The number of rotatable bonds is 5. The van der Waals surface area contributed by atoms with E-state index < -0.39 is 23.6 Å². The molecule has 0 radical (unpaired) electrons. The van der Waals surface area contributed by atoms with Crippen molar-refractivity contribution in [3.63, 3.8) is 0 Å². The molecule has 28 heavy (non-hydrogen) atoms. The molecule has 6 nitrogen and oxygen atoms in total. The first-order valence-electron chi connectivity index (χ1n) is 8.55. The van der Waals surface area contributed by atoms with Gasteiger partial charge in [0.25, 0.3) is 11.8 Å². The first-order chi connectivity index (χ1) is 13.3. The van der Waals surface area contributed by atoms with E-state index in [4.69, 9.17) is 0 Å². The Balaban J connectivity index is 1.99. The molecule has 9 heteroatoms. The quantitative estimate of drug-likeness (QED) is 0.697. The number of aromatic nitrogens is 2. The topological polar surface area (TPSA) is 75.5 Å². The van der Waals surface area contributed by atoms with Crippen LogP contribution in [0.1, 0.15) is 40.0 Å². The molecule has 0 aliphatic rings. The standard InChI is InChI=1S/C19H17F3N4O2/c1-2-10-23-17(27)15-14-9-5-6-11-26(14)16(25-15)18(28)24-13-8-4-3-7-12(13)19(20,21)22/h3-9,11H,2,10H2,1H3,(H,23,27)(H,24,28). The highest BCUT2D eigenvalue weighted by molar-refractivity contribution is 6.06. The Morgan fingerprint density at radius 3 is 2.50 bits per heavy atom. The molecule has 0 aliphatic heterocycles. The molecular formula is C19H17F3N4O2. The molecule has 2 heterocycles. The minimum absolute atomic E-state index is 0.0308. The smallest absolute Gasteiger partial charge is 0.351 e. The zero-order chi connectivity index (χ0) is 20.3. The van der Waals surface area contributed by atoms with E-state index in [1.807, 2.05) is 6.92 Å². The third-order valence-electron chi connectivity index (χ3n) is 3.98. The van der Waals surface area contributed by atoms with Crippen LogP contribution < -0.4 is 10.6 Å². The summed E-state index contributed by atoms with van der Waals surface area (Å²) < 4.78 is 40.8. The maximum absolute atomic E-state index is 13.2. The van der Waals surface area contributed by atoms with Crippen molar-refractivity contribution in [3.8, 4) is 0 Å². The van der Waals surface area contributed by atoms with Gasteiger partial charge in [-0.3, -0.25) is 14.0 Å². The van der Waals surface area contributed by atoms with Gasteiger partial charge in [0.05, 0.1) is 16.8 Å². The number of carbonyl (C=O) groups is 2. The number of fused-ring (bicyclic) bond motifs is 1. The molecule has 0 saturated heterocycles. The molecule has 2 amide bonds. The molecule has 0 unspecified atom stereocenters. The van der Waals surface area contributed by atoms with Gasteiger partial charge in [-0.15, -0.1) is 0 Å². The summed E-state index contributed by atoms with van der Waals surface area (Å²) in [6, 6.07) is 9.57. The van der Waals surface area contributed by atoms with Gasteiger partial charge in [-0.2, -0.15) is 13.2 Å². The molecule has 0 aliphatic carbocycles. The first-order valence-corrected chi connectivity index (χ1v) is 8.55. The Bertz CT molecular complexity index is 1030. The summed E-state index contributed by atoms with van der Waals surface area (Å²) in [6.07, 6.45) is -2.38. The zero-order valence-corrected chi connectivity index (χ0v) is 14.9. The fraction of sp³-hybridized carbons (Fsp3) is 0.211. The number of benzene rings is 1. The monoisotopic (exact) mass is 390 g/mol. The van der Waals surface area contributed by atoms with Crippen LogP contribution in [0.3, 0.4) is 0 Å². The summed E-state index contributed by atoms with van der Waals surface area (Å²) in [5.74, 6) is -1.50. The van der Waals surface area contributed by atoms with E-state index in [2.05, 4.69) is 15.6 Å². The van der Waals surface area contributed by atoms with Gasteiger partial charge in [0.1, 0.15) is 0 Å². The van der Waals surface area contributed by atoms with Crippen molar-refractivity contribution in [2.24, 2.45) is 0 Å². The molecule has 2 aromatic heterocycles. The second-order valence-electron chi connectivity index (χ2n) is 5.99. The van der Waals surface area contributed by atoms with E-state index in [0.29, 0.717) is 12.1 Å². The highest BCUT2D eigenvalue weighted by Gasteiger charge is 2.34. The SMILES string of the molecule is CCCNC(=O)c1nc(C(=O)Nc2ccccc2C(F)(F)F)n2ccccc12. The van der Waals surface area contributed by atoms with Gasteiger partial charge in [-0.05, 0) is 30.7 Å². The summed E-state index contributed by atoms with van der Waals surface area (Å²) in [4.78, 5) is 29.1. The predicted octanol–water partition coefficient (Wildman–Crippen LogP) is 3.75. The van der Waals surface area contributed by atoms with E-state index in [-0.39, 0.29) is 17.2 Å². The Labute approximate surface area is 158 Å². The minimum Gasteiger partial charge on any atom is -0.351 e. The molecule has 0 saturated carbocycles. The number of nitrogens with zero attached hydrogens (tertiary/aromatic N) is 2. The summed E-state index contributed by atoms with van der Waals surface area (Å²) in [5, 5.41) is 4.92. The van der Waals surface area contributed by atoms with Crippen molar-refractivity contribution < 1.29 is 22.8 Å². The Morgan fingerprint density at radius 2 is 1.79 bits per heavy atom. The lowest BCUT2D eigenvalue weighted by molar-refractivity contribution is -0.136. The molecule has 0 fully saturated rings. The number of hydrogen-bond acceptors (Lipinski definition) is 3. The Kier molecular flexibility index (Phi) is 5.34. The first kappa shape index (κ1) is 19.4. The highest BCUT2D eigenvalue weighted by atomic mass is 19.4. The molecule has 0 spiro atoms. The third kappa shape index (κ3) is 3.83. The largest absolute Gasteiger partial charge is 0.418 e. The van der Waals surface area contributed by atoms with Crippen LogP contribution in [0.5, 0.6) is 0 Å². The Morgan fingerprint density at radius 1 is 1.07 bits per heavy atom. The minimum atomic E-state index is -4.62. The van der Waals surface area contributed by atoms with Crippen LogP contribution in [0.4, 0.5) is 18.9 Å². The van der Waals surface area contributed by atoms with Gasteiger partial charge < -0.3 is 10.6 Å². The maximum Gasteiger partial charge on any atom is 0.418 e. The lowest BCUT2D eigenvalue weighted by Gasteiger charge is -2.13. The summed E-state index contributed by atoms with van der Waals surface area (Å²) >= 11 is 0. The van der Waals surface area contributed by atoms with Gasteiger partial charge in [0.2, 0.25) is 5.82 Å². The molecular weight excluding hydrogens is 373 g/mol. The number of anilines is 1. The molecule has 2 N–H and O–H groups in total. The third-order valence-corrected chi connectivity index (χ3v) is 3.98. The summed E-state index contributed by atoms with van der Waals surface area (Å²) in [6.45, 7) is 2.33. The number of imidazole rings is 1. The molecule has 0 atom stereocenters. The fourth-order valence-electron chi connectivity index (χ4n) is 2.70. The zero-order valence-electron chi connectivity index (χ0n) is 14.9. The van der Waals surface area contributed by atoms with E-state index in [9.17, 15) is 22.8 Å². The van der Waals surface area contributed by atoms with Crippen LogP contribution in [0, 0.1) is 0 Å². The van der Waals surface area contributed by atoms with Crippen molar-refractivity contribution in [2.75, 3.05) is 11.9 Å². The van der Waals surface area contributed by atoms with Crippen molar-refractivity contribution in [2.45, 2.75) is 19.5 Å². The van der Waals surface area contributed by atoms with Crippen molar-refractivity contribution in [1.29, 1.82) is 0 Å². The number of para-hydroxylation sites is 1. The average Bonchev–Trinajstić information content (AvgIpc) is 3.05. The second kappa shape index (κ2) is 7.71. The van der Waals surface area contributed by atoms with Crippen molar-refractivity contribution in [1.82, 2.24) is 14.7 Å². The normalized spacial score (nSPS) is 11.4. The number of nitrogens with one attached hydrogen (secondary N) is 2. The van der Waals surface area contributed by atoms with Gasteiger partial charge in [-0.1, -0.05) is 25.1 Å². The van der Waals surface area contributed by atoms with Crippen LogP contribution in [0.25, 0.3) is 5.52 Å². The maximum atomic E-state index is 13.2. The lowest BCUT2D eigenvalue weighted by Crippen LogP contribution is -2.24. The second-order valence-corrected chi connectivity index (χ2v) is 5.99. The number of alkyl halides is 3. The number of hydrogen-bond donors (Lipinski definition) is 2. The number of pyridine rings is 1. The number of halogens is 3. The summed E-state index contributed by atoms with van der Waals surface area (Å²) in [7, 11) is 0. The van der Waals surface area contributed by atoms with Crippen LogP contribution in [-0.4, -0.2) is 27.7 Å². The lowest BCUT2D eigenvalue weighted by atomic mass is 10.1. The molecule has 146 valence electrons. The van der Waals surface area contributed by atoms with Gasteiger partial charge in [0, 0.05) is 12.7 Å². The van der Waals surface area contributed by atoms with Crippen LogP contribution in [0.15, 0.2) is 48.7 Å². The van der Waals surface area contributed by atoms with Crippen molar-refractivity contribution >= 4 is 23.0 Å². The predicted molar refractivity (Wildman–Crippen MR) is 97.2 cm³/mol. The number of amides is 2. The van der Waals surface area contributed by atoms with Crippen molar-refractivity contribution in [3.05, 3.63) is 65.7 Å². The van der Waals surface area contributed by atoms with Crippen LogP contribution >= 0.6 is 0 Å². The van der Waals surface area contributed by atoms with E-state index in [0.717, 1.165) is 18.6 Å². The molecule has 3 aromatic rings. The van der Waals surface area contributed by atoms with E-state index in [1.54, 1.807) is 18.2 Å². The van der Waals surface area contributed by atoms with E-state index in [1.165, 1.54) is 22.7 Å². The van der Waals surface area contributed by atoms with E-state index >= 15 is 0 Å². The van der Waals surface area contributed by atoms with Gasteiger partial charge >= 0.3 is 6.18 Å². The van der Waals surface area contributed by atoms with Gasteiger partial charge in [-0.25, -0.2) is 4.98 Å². The average molecular weight is 390 g/mol. The highest BCUT2D eigenvalue weighted by Crippen LogP contribution is 2.34. The fourth-order valence-corrected chi connectivity index (χ4v) is 2.70. The summed E-state index contributed by atoms with van der Waals surface area (Å²) in [5.41, 5.74) is -0.941. The Hall–Kier alpha value is -3.36. The molecule has 1 aromatic carbocycles. The van der Waals surface area contributed by atoms with Crippen LogP contribution in [-0.2, 0) is 6.18 Å². The van der Waals surface area contributed by atoms with Gasteiger partial charge in [0.15, 0.2) is 5.69 Å². The molecule has 0 bridgehead atoms. The number of carbonyl (C=O) groups excluding carboxylic acids is 2. The molecule has 3 rings (SSSR count). The van der Waals surface area contributed by atoms with Crippen LogP contribution in [0.2, 0.25) is 0 Å².